The fraction of sp³-hybridized carbons (Fsp3) is 0.0667. The van der Waals surface area contributed by atoms with E-state index in [1.54, 1.807) is 24.3 Å². The molecule has 6 heteroatoms. The molecule has 2 aromatic carbocycles. The Morgan fingerprint density at radius 3 is 2.67 bits per heavy atom. The van der Waals surface area contributed by atoms with Crippen LogP contribution in [-0.2, 0) is 11.2 Å². The van der Waals surface area contributed by atoms with Gasteiger partial charge in [-0.15, -0.1) is 0 Å². The summed E-state index contributed by atoms with van der Waals surface area (Å²) >= 11 is 10.7. The van der Waals surface area contributed by atoms with Gasteiger partial charge in [0.25, 0.3) is 0 Å². The standard InChI is InChI=1S/C15H12ClFN2OS/c16-12-4-2-1-3-9(12)7-14(20)19-10-5-6-13(17)11(8-10)15(18)21/h1-6,8H,7H2,(H2,18,21)(H,19,20). The molecule has 2 rings (SSSR count). The Balaban J connectivity index is 2.12. The molecule has 108 valence electrons. The van der Waals surface area contributed by atoms with Crippen LogP contribution in [0.5, 0.6) is 0 Å². The summed E-state index contributed by atoms with van der Waals surface area (Å²) in [6.45, 7) is 0. The molecule has 2 aromatic rings. The van der Waals surface area contributed by atoms with Gasteiger partial charge in [-0.05, 0) is 29.8 Å². The molecule has 0 saturated carbocycles. The van der Waals surface area contributed by atoms with Crippen molar-refractivity contribution in [2.24, 2.45) is 5.73 Å². The van der Waals surface area contributed by atoms with Crippen LogP contribution in [0.25, 0.3) is 0 Å². The minimum absolute atomic E-state index is 0.0605. The molecule has 0 saturated heterocycles. The van der Waals surface area contributed by atoms with Crippen molar-refractivity contribution in [3.05, 3.63) is 64.4 Å². The Morgan fingerprint density at radius 1 is 1.29 bits per heavy atom. The van der Waals surface area contributed by atoms with Gasteiger partial charge < -0.3 is 11.1 Å². The van der Waals surface area contributed by atoms with Crippen LogP contribution >= 0.6 is 23.8 Å². The normalized spacial score (nSPS) is 10.2. The van der Waals surface area contributed by atoms with E-state index in [0.29, 0.717) is 16.3 Å². The van der Waals surface area contributed by atoms with Crippen molar-refractivity contribution < 1.29 is 9.18 Å². The smallest absolute Gasteiger partial charge is 0.228 e. The number of amides is 1. The number of carbonyl (C=O) groups is 1. The van der Waals surface area contributed by atoms with E-state index in [4.69, 9.17) is 29.6 Å². The number of anilines is 1. The molecule has 1 amide bonds. The number of nitrogens with one attached hydrogen (secondary N) is 1. The maximum atomic E-state index is 13.5. The van der Waals surface area contributed by atoms with Gasteiger partial charge in [0.2, 0.25) is 5.91 Å². The summed E-state index contributed by atoms with van der Waals surface area (Å²) in [5.41, 5.74) is 6.66. The van der Waals surface area contributed by atoms with Crippen LogP contribution in [-0.4, -0.2) is 10.9 Å². The molecule has 0 aromatic heterocycles. The lowest BCUT2D eigenvalue weighted by Crippen LogP contribution is -2.16. The van der Waals surface area contributed by atoms with Gasteiger partial charge in [0, 0.05) is 16.3 Å². The Labute approximate surface area is 131 Å². The quantitative estimate of drug-likeness (QED) is 0.849. The highest BCUT2D eigenvalue weighted by Gasteiger charge is 2.10. The van der Waals surface area contributed by atoms with Crippen LogP contribution < -0.4 is 11.1 Å². The zero-order chi connectivity index (χ0) is 15.4. The molecular weight excluding hydrogens is 311 g/mol. The van der Waals surface area contributed by atoms with E-state index in [9.17, 15) is 9.18 Å². The van der Waals surface area contributed by atoms with Crippen molar-refractivity contribution in [3.8, 4) is 0 Å². The second-order valence-electron chi connectivity index (χ2n) is 4.38. The van der Waals surface area contributed by atoms with Crippen molar-refractivity contribution in [3.63, 3.8) is 0 Å². The van der Waals surface area contributed by atoms with E-state index >= 15 is 0 Å². The number of rotatable bonds is 4. The van der Waals surface area contributed by atoms with E-state index in [-0.39, 0.29) is 22.9 Å². The molecule has 0 heterocycles. The maximum absolute atomic E-state index is 13.5. The number of thiocarbonyl (C=S) groups is 1. The van der Waals surface area contributed by atoms with Gasteiger partial charge in [-0.3, -0.25) is 4.79 Å². The molecule has 3 N–H and O–H groups in total. The van der Waals surface area contributed by atoms with Gasteiger partial charge >= 0.3 is 0 Å². The van der Waals surface area contributed by atoms with Gasteiger partial charge in [-0.1, -0.05) is 42.0 Å². The average molecular weight is 323 g/mol. The lowest BCUT2D eigenvalue weighted by molar-refractivity contribution is -0.115. The second kappa shape index (κ2) is 6.65. The van der Waals surface area contributed by atoms with Gasteiger partial charge in [-0.25, -0.2) is 4.39 Å². The summed E-state index contributed by atoms with van der Waals surface area (Å²) in [4.78, 5) is 11.9. The topological polar surface area (TPSA) is 55.1 Å². The molecule has 0 bridgehead atoms. The molecular formula is C15H12ClFN2OS. The van der Waals surface area contributed by atoms with Crippen LogP contribution in [0.2, 0.25) is 5.02 Å². The minimum Gasteiger partial charge on any atom is -0.389 e. The maximum Gasteiger partial charge on any atom is 0.228 e. The van der Waals surface area contributed by atoms with E-state index in [1.165, 1.54) is 18.2 Å². The summed E-state index contributed by atoms with van der Waals surface area (Å²) < 4.78 is 13.5. The number of halogens is 2. The number of carbonyl (C=O) groups excluding carboxylic acids is 1. The third kappa shape index (κ3) is 4.00. The Hall–Kier alpha value is -1.98. The highest BCUT2D eigenvalue weighted by molar-refractivity contribution is 7.80. The Bertz CT molecular complexity index is 706. The molecule has 0 radical (unpaired) electrons. The number of hydrogen-bond donors (Lipinski definition) is 2. The Morgan fingerprint density at radius 2 is 2.00 bits per heavy atom. The molecule has 0 atom stereocenters. The second-order valence-corrected chi connectivity index (χ2v) is 5.22. The molecule has 0 spiro atoms. The van der Waals surface area contributed by atoms with Gasteiger partial charge in [0.05, 0.1) is 6.42 Å². The molecule has 0 aliphatic rings. The molecule has 0 aliphatic carbocycles. The summed E-state index contributed by atoms with van der Waals surface area (Å²) in [7, 11) is 0. The molecule has 0 fully saturated rings. The zero-order valence-electron chi connectivity index (χ0n) is 10.9. The van der Waals surface area contributed by atoms with Crippen LogP contribution in [0, 0.1) is 5.82 Å². The monoisotopic (exact) mass is 322 g/mol. The SMILES string of the molecule is NC(=S)c1cc(NC(=O)Cc2ccccc2Cl)ccc1F. The van der Waals surface area contributed by atoms with Crippen molar-refractivity contribution >= 4 is 40.4 Å². The summed E-state index contributed by atoms with van der Waals surface area (Å²) in [6, 6.07) is 11.1. The number of benzene rings is 2. The van der Waals surface area contributed by atoms with E-state index in [2.05, 4.69) is 5.32 Å². The fourth-order valence-corrected chi connectivity index (χ4v) is 2.17. The lowest BCUT2D eigenvalue weighted by atomic mass is 10.1. The third-order valence-electron chi connectivity index (χ3n) is 2.82. The largest absolute Gasteiger partial charge is 0.389 e. The first-order chi connectivity index (χ1) is 9.97. The van der Waals surface area contributed by atoms with Crippen molar-refractivity contribution in [2.75, 3.05) is 5.32 Å². The number of hydrogen-bond acceptors (Lipinski definition) is 2. The molecule has 0 unspecified atom stereocenters. The molecule has 21 heavy (non-hydrogen) atoms. The van der Waals surface area contributed by atoms with Crippen LogP contribution in [0.3, 0.4) is 0 Å². The first-order valence-electron chi connectivity index (χ1n) is 6.10. The predicted octanol–water partition coefficient (Wildman–Crippen LogP) is 3.29. The first-order valence-corrected chi connectivity index (χ1v) is 6.88. The number of nitrogens with two attached hydrogens (primary N) is 1. The summed E-state index contributed by atoms with van der Waals surface area (Å²) in [6.07, 6.45) is 0.124. The lowest BCUT2D eigenvalue weighted by Gasteiger charge is -2.08. The molecule has 3 nitrogen and oxygen atoms in total. The van der Waals surface area contributed by atoms with E-state index in [1.807, 2.05) is 0 Å². The first kappa shape index (κ1) is 15.4. The summed E-state index contributed by atoms with van der Waals surface area (Å²) in [5.74, 6) is -0.782. The third-order valence-corrected chi connectivity index (χ3v) is 3.41. The minimum atomic E-state index is -0.522. The van der Waals surface area contributed by atoms with Gasteiger partial charge in [0.15, 0.2) is 0 Å². The highest BCUT2D eigenvalue weighted by Crippen LogP contribution is 2.18. The van der Waals surface area contributed by atoms with E-state index < -0.39 is 5.82 Å². The average Bonchev–Trinajstić information content (AvgIpc) is 2.43. The summed E-state index contributed by atoms with van der Waals surface area (Å²) in [5, 5.41) is 3.18. The fourth-order valence-electron chi connectivity index (χ4n) is 1.81. The van der Waals surface area contributed by atoms with Crippen molar-refractivity contribution in [1.82, 2.24) is 0 Å². The molecule has 0 aliphatic heterocycles. The van der Waals surface area contributed by atoms with Crippen molar-refractivity contribution in [1.29, 1.82) is 0 Å². The zero-order valence-corrected chi connectivity index (χ0v) is 12.5. The van der Waals surface area contributed by atoms with Gasteiger partial charge in [-0.2, -0.15) is 0 Å². The van der Waals surface area contributed by atoms with Crippen LogP contribution in [0.1, 0.15) is 11.1 Å². The highest BCUT2D eigenvalue weighted by atomic mass is 35.5. The van der Waals surface area contributed by atoms with E-state index in [0.717, 1.165) is 0 Å². The predicted molar refractivity (Wildman–Crippen MR) is 86.1 cm³/mol. The van der Waals surface area contributed by atoms with Crippen molar-refractivity contribution in [2.45, 2.75) is 6.42 Å². The van der Waals surface area contributed by atoms with Gasteiger partial charge in [0.1, 0.15) is 10.8 Å². The van der Waals surface area contributed by atoms with Crippen LogP contribution in [0.15, 0.2) is 42.5 Å². The Kier molecular flexibility index (Phi) is 4.88. The van der Waals surface area contributed by atoms with Crippen LogP contribution in [0.4, 0.5) is 10.1 Å².